The van der Waals surface area contributed by atoms with E-state index >= 15 is 0 Å². The number of piperazine rings is 1. The van der Waals surface area contributed by atoms with E-state index in [1.54, 1.807) is 4.90 Å². The zero-order chi connectivity index (χ0) is 30.2. The van der Waals surface area contributed by atoms with Gasteiger partial charge >= 0.3 is 5.97 Å². The molecule has 7 nitrogen and oxygen atoms in total. The van der Waals surface area contributed by atoms with E-state index in [4.69, 9.17) is 32.7 Å². The number of fused-ring (bicyclic) bond motifs is 1. The van der Waals surface area contributed by atoms with E-state index in [1.807, 2.05) is 43.3 Å². The van der Waals surface area contributed by atoms with Crippen LogP contribution in [0.1, 0.15) is 58.9 Å². The van der Waals surface area contributed by atoms with Crippen molar-refractivity contribution >= 4 is 46.5 Å². The maximum Gasteiger partial charge on any atom is 0.310 e. The Labute approximate surface area is 261 Å². The van der Waals surface area contributed by atoms with Crippen molar-refractivity contribution < 1.29 is 19.1 Å². The highest BCUT2D eigenvalue weighted by molar-refractivity contribution is 6.43. The highest BCUT2D eigenvalue weighted by Gasteiger charge is 2.28. The topological polar surface area (TPSA) is 62.3 Å². The number of amides is 1. The predicted molar refractivity (Wildman–Crippen MR) is 171 cm³/mol. The summed E-state index contributed by atoms with van der Waals surface area (Å²) < 4.78 is 11.7. The molecule has 1 amide bonds. The molecule has 2 aromatic carbocycles. The number of esters is 1. The van der Waals surface area contributed by atoms with Gasteiger partial charge in [-0.15, -0.1) is 0 Å². The third-order valence-corrected chi connectivity index (χ3v) is 9.25. The molecule has 2 aromatic rings. The van der Waals surface area contributed by atoms with Crippen molar-refractivity contribution in [2.75, 3.05) is 55.9 Å². The summed E-state index contributed by atoms with van der Waals surface area (Å²) in [6.07, 6.45) is 4.02. The zero-order valence-corrected chi connectivity index (χ0v) is 26.9. The Morgan fingerprint density at radius 3 is 2.45 bits per heavy atom. The van der Waals surface area contributed by atoms with Crippen LogP contribution in [0.3, 0.4) is 0 Å². The Morgan fingerprint density at radius 2 is 1.71 bits per heavy atom. The van der Waals surface area contributed by atoms with Crippen molar-refractivity contribution in [2.24, 2.45) is 17.8 Å². The van der Waals surface area contributed by atoms with Crippen LogP contribution in [0.2, 0.25) is 10.0 Å². The van der Waals surface area contributed by atoms with Gasteiger partial charge in [0, 0.05) is 38.7 Å². The fourth-order valence-corrected chi connectivity index (χ4v) is 6.18. The lowest BCUT2D eigenvalue weighted by Gasteiger charge is -2.36. The smallest absolute Gasteiger partial charge is 0.310 e. The number of nitrogens with zero attached hydrogens (tertiary/aromatic N) is 3. The molecular formula is C33H45Cl2N3O4. The maximum atomic E-state index is 12.8. The average molecular weight is 619 g/mol. The molecule has 9 heteroatoms. The summed E-state index contributed by atoms with van der Waals surface area (Å²) in [4.78, 5) is 31.9. The van der Waals surface area contributed by atoms with E-state index in [2.05, 4.69) is 30.6 Å². The number of benzene rings is 2. The van der Waals surface area contributed by atoms with Crippen LogP contribution in [0, 0.1) is 17.8 Å². The molecule has 4 rings (SSSR count). The molecular weight excluding hydrogens is 573 g/mol. The number of anilines is 2. The molecule has 0 radical (unpaired) electrons. The molecule has 2 atom stereocenters. The molecule has 2 aliphatic heterocycles. The van der Waals surface area contributed by atoms with Crippen LogP contribution in [-0.4, -0.2) is 62.8 Å². The first-order valence-corrected chi connectivity index (χ1v) is 16.0. The summed E-state index contributed by atoms with van der Waals surface area (Å²) in [6.45, 7) is 13.7. The van der Waals surface area contributed by atoms with Crippen molar-refractivity contribution in [1.82, 2.24) is 4.90 Å². The molecule has 0 N–H and O–H groups in total. The van der Waals surface area contributed by atoms with E-state index in [0.717, 1.165) is 74.7 Å². The number of unbranched alkanes of at least 4 members (excludes halogenated alkanes) is 1. The lowest BCUT2D eigenvalue weighted by atomic mass is 9.88. The van der Waals surface area contributed by atoms with Gasteiger partial charge in [0.25, 0.3) is 0 Å². The Kier molecular flexibility index (Phi) is 11.8. The minimum Gasteiger partial charge on any atom is -0.494 e. The summed E-state index contributed by atoms with van der Waals surface area (Å²) in [6, 6.07) is 11.7. The van der Waals surface area contributed by atoms with E-state index in [9.17, 15) is 9.59 Å². The minimum atomic E-state index is -0.259. The second-order valence-corrected chi connectivity index (χ2v) is 12.8. The van der Waals surface area contributed by atoms with Gasteiger partial charge in [0.1, 0.15) is 5.75 Å². The molecule has 1 saturated heterocycles. The Balaban J connectivity index is 1.21. The van der Waals surface area contributed by atoms with Gasteiger partial charge in [-0.1, -0.05) is 63.0 Å². The van der Waals surface area contributed by atoms with Crippen LogP contribution >= 0.6 is 23.2 Å². The van der Waals surface area contributed by atoms with Gasteiger partial charge in [-0.2, -0.15) is 0 Å². The average Bonchev–Trinajstić information content (AvgIpc) is 2.97. The maximum absolute atomic E-state index is 12.8. The Hall–Kier alpha value is -2.48. The SMILES string of the molecule is CC(C)CC(C)C(C)C(=O)OCN1C(=O)CCc2ccc(OCCCCN3CCN(c4cccc(Cl)c4Cl)CC3)cc21. The van der Waals surface area contributed by atoms with E-state index < -0.39 is 0 Å². The molecule has 230 valence electrons. The highest BCUT2D eigenvalue weighted by Crippen LogP contribution is 2.34. The molecule has 0 saturated carbocycles. The number of hydrogen-bond donors (Lipinski definition) is 0. The molecule has 2 unspecified atom stereocenters. The minimum absolute atomic E-state index is 0.0342. The number of carbonyl (C=O) groups is 2. The van der Waals surface area contributed by atoms with Crippen LogP contribution in [-0.2, 0) is 20.7 Å². The second-order valence-electron chi connectivity index (χ2n) is 12.1. The fourth-order valence-electron chi connectivity index (χ4n) is 5.76. The van der Waals surface area contributed by atoms with Crippen molar-refractivity contribution in [2.45, 2.75) is 59.8 Å². The van der Waals surface area contributed by atoms with Crippen LogP contribution in [0.25, 0.3) is 0 Å². The second kappa shape index (κ2) is 15.3. The third-order valence-electron chi connectivity index (χ3n) is 8.44. The first-order chi connectivity index (χ1) is 20.1. The van der Waals surface area contributed by atoms with Gasteiger partial charge < -0.3 is 14.4 Å². The molecule has 0 aliphatic carbocycles. The Morgan fingerprint density at radius 1 is 0.952 bits per heavy atom. The number of carbonyl (C=O) groups excluding carboxylic acids is 2. The standard InChI is InChI=1S/C33H45Cl2N3O4/c1-23(2)20-24(3)25(4)33(40)42-22-38-30-21-27(12-10-26(30)11-13-31(38)39)41-19-6-5-14-36-15-17-37(18-16-36)29-9-7-8-28(34)32(29)35/h7-10,12,21,23-25H,5-6,11,13-20,22H2,1-4H3. The number of aryl methyl sites for hydroxylation is 1. The van der Waals surface area contributed by atoms with Crippen molar-refractivity contribution in [3.63, 3.8) is 0 Å². The molecule has 0 bridgehead atoms. The van der Waals surface area contributed by atoms with Crippen LogP contribution in [0.15, 0.2) is 36.4 Å². The first kappa shape index (κ1) is 32.4. The summed E-state index contributed by atoms with van der Waals surface area (Å²) >= 11 is 12.6. The quantitative estimate of drug-likeness (QED) is 0.177. The number of ether oxygens (including phenoxy) is 2. The number of rotatable bonds is 13. The van der Waals surface area contributed by atoms with Gasteiger partial charge in [0.2, 0.25) is 5.91 Å². The largest absolute Gasteiger partial charge is 0.494 e. The van der Waals surface area contributed by atoms with E-state index in [1.165, 1.54) is 0 Å². The van der Waals surface area contributed by atoms with Gasteiger partial charge in [-0.25, -0.2) is 0 Å². The zero-order valence-electron chi connectivity index (χ0n) is 25.4. The number of hydrogen-bond acceptors (Lipinski definition) is 6. The van der Waals surface area contributed by atoms with Crippen LogP contribution in [0.5, 0.6) is 5.75 Å². The summed E-state index contributed by atoms with van der Waals surface area (Å²) in [5.74, 6) is 0.954. The Bertz CT molecular complexity index is 1220. The summed E-state index contributed by atoms with van der Waals surface area (Å²) in [7, 11) is 0. The molecule has 0 spiro atoms. The monoisotopic (exact) mass is 617 g/mol. The molecule has 0 aromatic heterocycles. The van der Waals surface area contributed by atoms with Crippen molar-refractivity contribution in [1.29, 1.82) is 0 Å². The molecule has 1 fully saturated rings. The summed E-state index contributed by atoms with van der Waals surface area (Å²) in [5, 5.41) is 1.22. The first-order valence-electron chi connectivity index (χ1n) is 15.3. The third kappa shape index (κ3) is 8.55. The van der Waals surface area contributed by atoms with Gasteiger partial charge in [0.05, 0.1) is 33.9 Å². The van der Waals surface area contributed by atoms with Crippen LogP contribution in [0.4, 0.5) is 11.4 Å². The van der Waals surface area contributed by atoms with Crippen molar-refractivity contribution in [3.05, 3.63) is 52.0 Å². The van der Waals surface area contributed by atoms with E-state index in [-0.39, 0.29) is 30.4 Å². The van der Waals surface area contributed by atoms with Gasteiger partial charge in [-0.3, -0.25) is 19.4 Å². The normalized spacial score (nSPS) is 17.3. The van der Waals surface area contributed by atoms with E-state index in [0.29, 0.717) is 35.4 Å². The lowest BCUT2D eigenvalue weighted by Crippen LogP contribution is -2.46. The molecule has 42 heavy (non-hydrogen) atoms. The van der Waals surface area contributed by atoms with Crippen molar-refractivity contribution in [3.8, 4) is 5.75 Å². The summed E-state index contributed by atoms with van der Waals surface area (Å²) in [5.41, 5.74) is 2.85. The molecule has 2 aliphatic rings. The van der Waals surface area contributed by atoms with Gasteiger partial charge in [0.15, 0.2) is 6.73 Å². The predicted octanol–water partition coefficient (Wildman–Crippen LogP) is 7.07. The lowest BCUT2D eigenvalue weighted by molar-refractivity contribution is -0.150. The molecule has 2 heterocycles. The number of halogens is 2. The van der Waals surface area contributed by atoms with Crippen LogP contribution < -0.4 is 14.5 Å². The van der Waals surface area contributed by atoms with Gasteiger partial charge in [-0.05, 0) is 67.8 Å². The fraction of sp³-hybridized carbons (Fsp3) is 0.576. The highest BCUT2D eigenvalue weighted by atomic mass is 35.5.